The van der Waals surface area contributed by atoms with E-state index >= 15 is 0 Å². The lowest BCUT2D eigenvalue weighted by Crippen LogP contribution is -2.35. The van der Waals surface area contributed by atoms with Gasteiger partial charge in [-0.3, -0.25) is 4.79 Å². The highest BCUT2D eigenvalue weighted by Gasteiger charge is 2.41. The van der Waals surface area contributed by atoms with Gasteiger partial charge in [0.25, 0.3) is 0 Å². The van der Waals surface area contributed by atoms with Gasteiger partial charge in [0.15, 0.2) is 0 Å². The predicted octanol–water partition coefficient (Wildman–Crippen LogP) is 8.96. The second-order valence-electron chi connectivity index (χ2n) is 14.8. The maximum Gasteiger partial charge on any atom is 0.309 e. The van der Waals surface area contributed by atoms with Crippen molar-refractivity contribution in [2.75, 3.05) is 6.79 Å². The molecule has 7 unspecified atom stereocenters. The lowest BCUT2D eigenvalue weighted by Gasteiger charge is -2.30. The zero-order valence-electron chi connectivity index (χ0n) is 29.0. The molecule has 0 radical (unpaired) electrons. The van der Waals surface area contributed by atoms with Gasteiger partial charge in [-0.25, -0.2) is 0 Å². The van der Waals surface area contributed by atoms with E-state index in [1.165, 1.54) is 77.0 Å². The third kappa shape index (κ3) is 13.4. The molecule has 4 rings (SSSR count). The van der Waals surface area contributed by atoms with Crippen LogP contribution in [0.3, 0.4) is 0 Å². The molecular weight excluding hydrogens is 568 g/mol. The Hall–Kier alpha value is -0.730. The highest BCUT2D eigenvalue weighted by atomic mass is 16.7. The van der Waals surface area contributed by atoms with Crippen molar-refractivity contribution in [3.05, 3.63) is 0 Å². The molecule has 0 aromatic carbocycles. The first-order chi connectivity index (χ1) is 22.0. The summed E-state index contributed by atoms with van der Waals surface area (Å²) in [5.74, 6) is 0.176. The van der Waals surface area contributed by atoms with Crippen molar-refractivity contribution < 1.29 is 33.6 Å². The molecule has 4 aliphatic rings. The molecule has 0 bridgehead atoms. The molecule has 4 heterocycles. The van der Waals surface area contributed by atoms with Gasteiger partial charge in [0.2, 0.25) is 0 Å². The average molecular weight is 637 g/mol. The van der Waals surface area contributed by atoms with E-state index in [1.54, 1.807) is 0 Å². The lowest BCUT2D eigenvalue weighted by atomic mass is 9.97. The summed E-state index contributed by atoms with van der Waals surface area (Å²) in [6, 6.07) is 0. The zero-order valence-corrected chi connectivity index (χ0v) is 29.0. The van der Waals surface area contributed by atoms with Gasteiger partial charge in [-0.2, -0.15) is 0 Å². The maximum atomic E-state index is 11.7. The minimum Gasteiger partial charge on any atom is -0.462 e. The van der Waals surface area contributed by atoms with Crippen molar-refractivity contribution in [1.29, 1.82) is 0 Å². The van der Waals surface area contributed by atoms with E-state index in [9.17, 15) is 9.90 Å². The van der Waals surface area contributed by atoms with Gasteiger partial charge in [0, 0.05) is 0 Å². The predicted molar refractivity (Wildman–Crippen MR) is 178 cm³/mol. The maximum absolute atomic E-state index is 11.7. The van der Waals surface area contributed by atoms with Crippen LogP contribution in [0, 0.1) is 5.92 Å². The quantitative estimate of drug-likeness (QED) is 0.0995. The summed E-state index contributed by atoms with van der Waals surface area (Å²) in [5, 5.41) is 10.8. The van der Waals surface area contributed by atoms with Crippen LogP contribution < -0.4 is 0 Å². The molecule has 0 aromatic rings. The topological polar surface area (TPSA) is 83.5 Å². The molecule has 0 aromatic heterocycles. The second-order valence-corrected chi connectivity index (χ2v) is 14.8. The molecule has 4 saturated heterocycles. The van der Waals surface area contributed by atoms with Crippen LogP contribution >= 0.6 is 0 Å². The number of esters is 1. The number of hydrogen-bond donors (Lipinski definition) is 1. The minimum absolute atomic E-state index is 0.0235. The summed E-state index contributed by atoms with van der Waals surface area (Å²) in [6.45, 7) is 4.64. The minimum atomic E-state index is -0.359. The number of rotatable bonds is 21. The van der Waals surface area contributed by atoms with Crippen LogP contribution in [0.15, 0.2) is 0 Å². The Morgan fingerprint density at radius 1 is 0.689 bits per heavy atom. The van der Waals surface area contributed by atoms with Crippen molar-refractivity contribution in [2.45, 2.75) is 223 Å². The first kappa shape index (κ1) is 37.1. The molecule has 0 amide bonds. The van der Waals surface area contributed by atoms with Crippen molar-refractivity contribution in [3.8, 4) is 0 Å². The summed E-state index contributed by atoms with van der Waals surface area (Å²) in [6.07, 6.45) is 29.4. The van der Waals surface area contributed by atoms with Gasteiger partial charge >= 0.3 is 5.97 Å². The van der Waals surface area contributed by atoms with Crippen LogP contribution in [0.5, 0.6) is 0 Å². The van der Waals surface area contributed by atoms with Crippen LogP contribution in [0.1, 0.15) is 174 Å². The molecule has 0 saturated carbocycles. The van der Waals surface area contributed by atoms with E-state index in [0.29, 0.717) is 12.9 Å². The summed E-state index contributed by atoms with van der Waals surface area (Å²) >= 11 is 0. The fourth-order valence-corrected chi connectivity index (χ4v) is 8.16. The fourth-order valence-electron chi connectivity index (χ4n) is 8.16. The van der Waals surface area contributed by atoms with Crippen molar-refractivity contribution in [2.24, 2.45) is 5.92 Å². The van der Waals surface area contributed by atoms with Crippen LogP contribution in [0.25, 0.3) is 0 Å². The third-order valence-electron chi connectivity index (χ3n) is 11.0. The molecule has 0 spiro atoms. The van der Waals surface area contributed by atoms with E-state index in [4.69, 9.17) is 23.7 Å². The van der Waals surface area contributed by atoms with E-state index in [1.807, 2.05) is 6.92 Å². The number of ether oxygens (including phenoxy) is 5. The molecule has 7 nitrogen and oxygen atoms in total. The Morgan fingerprint density at radius 3 is 2.02 bits per heavy atom. The van der Waals surface area contributed by atoms with E-state index in [0.717, 1.165) is 83.5 Å². The fraction of sp³-hybridized carbons (Fsp3) is 0.974. The van der Waals surface area contributed by atoms with E-state index in [-0.39, 0.29) is 54.6 Å². The average Bonchev–Trinajstić information content (AvgIpc) is 3.77. The Bertz CT molecular complexity index is 782. The molecule has 1 N–H and O–H groups in total. The molecule has 45 heavy (non-hydrogen) atoms. The van der Waals surface area contributed by atoms with Crippen LogP contribution in [0.2, 0.25) is 0 Å². The summed E-state index contributed by atoms with van der Waals surface area (Å²) in [4.78, 5) is 11.7. The molecule has 9 atom stereocenters. The van der Waals surface area contributed by atoms with E-state index < -0.39 is 0 Å². The summed E-state index contributed by atoms with van der Waals surface area (Å²) < 4.78 is 30.4. The molecule has 0 aliphatic carbocycles. The highest BCUT2D eigenvalue weighted by molar-refractivity contribution is 5.74. The third-order valence-corrected chi connectivity index (χ3v) is 11.0. The van der Waals surface area contributed by atoms with Crippen molar-refractivity contribution in [1.82, 2.24) is 0 Å². The van der Waals surface area contributed by atoms with Crippen molar-refractivity contribution >= 4 is 5.97 Å². The highest BCUT2D eigenvalue weighted by Crippen LogP contribution is 2.36. The monoisotopic (exact) mass is 636 g/mol. The van der Waals surface area contributed by atoms with Crippen LogP contribution in [-0.4, -0.2) is 66.7 Å². The second kappa shape index (κ2) is 21.3. The first-order valence-corrected chi connectivity index (χ1v) is 19.5. The Kier molecular flexibility index (Phi) is 17.5. The first-order valence-electron chi connectivity index (χ1n) is 19.5. The standard InChI is InChI=1S/C38H68O7/c1-3-4-5-15-19-31-20-17-22-34(42-28-41-31)35-25-26-37(45-35)36-24-23-33(44-36)32(39)21-16-13-11-9-7-6-8-10-12-14-18-30-27-29(2)43-38(30)40/h29-37,39H,3-28H2,1-2H3/t29?,30?,31-,32?,33?,34-,35?,36?,37?/m0/s1. The number of aliphatic hydroxyl groups is 1. The Morgan fingerprint density at radius 2 is 1.31 bits per heavy atom. The smallest absolute Gasteiger partial charge is 0.309 e. The van der Waals surface area contributed by atoms with Crippen LogP contribution in [-0.2, 0) is 28.5 Å². The summed E-state index contributed by atoms with van der Waals surface area (Å²) in [7, 11) is 0. The van der Waals surface area contributed by atoms with Gasteiger partial charge < -0.3 is 28.8 Å². The van der Waals surface area contributed by atoms with E-state index in [2.05, 4.69) is 6.92 Å². The van der Waals surface area contributed by atoms with Crippen molar-refractivity contribution in [3.63, 3.8) is 0 Å². The van der Waals surface area contributed by atoms with Crippen LogP contribution in [0.4, 0.5) is 0 Å². The number of hydrogen-bond acceptors (Lipinski definition) is 7. The van der Waals surface area contributed by atoms with Gasteiger partial charge in [-0.15, -0.1) is 0 Å². The largest absolute Gasteiger partial charge is 0.462 e. The van der Waals surface area contributed by atoms with Gasteiger partial charge in [-0.1, -0.05) is 96.8 Å². The molecule has 4 aliphatic heterocycles. The number of carbonyl (C=O) groups is 1. The Labute approximate surface area is 275 Å². The molecular formula is C38H68O7. The molecule has 7 heteroatoms. The number of aliphatic hydroxyl groups excluding tert-OH is 1. The SMILES string of the molecule is CCCCCC[C@H]1CCC[C@@H](C2CCC(C3CCC(C(O)CCCCCCCCCCCCC4CC(C)OC4=O)O3)O2)OCO1. The van der Waals surface area contributed by atoms with Gasteiger partial charge in [0.1, 0.15) is 6.79 Å². The number of unbranched alkanes of at least 4 members (excludes halogenated alkanes) is 12. The number of carbonyl (C=O) groups excluding carboxylic acids is 1. The molecule has 4 fully saturated rings. The zero-order chi connectivity index (χ0) is 31.7. The normalized spacial score (nSPS) is 33.3. The molecule has 262 valence electrons. The summed E-state index contributed by atoms with van der Waals surface area (Å²) in [5.41, 5.74) is 0. The Balaban J connectivity index is 0.966. The number of cyclic esters (lactones) is 1. The lowest BCUT2D eigenvalue weighted by molar-refractivity contribution is -0.175. The van der Waals surface area contributed by atoms with Gasteiger partial charge in [-0.05, 0) is 77.6 Å². The van der Waals surface area contributed by atoms with Gasteiger partial charge in [0.05, 0.1) is 54.7 Å².